The van der Waals surface area contributed by atoms with Crippen LogP contribution in [0.4, 0.5) is 17.1 Å². The molecule has 0 bridgehead atoms. The van der Waals surface area contributed by atoms with Crippen LogP contribution < -0.4 is 9.64 Å². The predicted molar refractivity (Wildman–Crippen MR) is 159 cm³/mol. The molecular weight excluding hydrogens is 482 g/mol. The van der Waals surface area contributed by atoms with Crippen molar-refractivity contribution in [3.05, 3.63) is 156 Å². The molecule has 5 aromatic carbocycles. The Morgan fingerprint density at radius 3 is 1.59 bits per heavy atom. The second kappa shape index (κ2) is 11.8. The van der Waals surface area contributed by atoms with E-state index in [0.717, 1.165) is 39.3 Å². The highest BCUT2D eigenvalue weighted by atomic mass is 16.8. The van der Waals surface area contributed by atoms with E-state index in [-0.39, 0.29) is 6.42 Å². The third-order valence-electron chi connectivity index (χ3n) is 6.48. The van der Waals surface area contributed by atoms with Crippen LogP contribution in [0.2, 0.25) is 0 Å². The molecule has 0 saturated heterocycles. The van der Waals surface area contributed by atoms with Gasteiger partial charge in [0.2, 0.25) is 0 Å². The number of hydrogen-bond donors (Lipinski definition) is 2. The Hall–Kier alpha value is -4.64. The van der Waals surface area contributed by atoms with Crippen LogP contribution in [-0.2, 0) is 0 Å². The number of aliphatic hydroxyl groups is 2. The normalized spacial score (nSPS) is 11.7. The number of para-hydroxylation sites is 2. The number of nitrogens with zero attached hydrogens (tertiary/aromatic N) is 1. The van der Waals surface area contributed by atoms with Crippen molar-refractivity contribution >= 4 is 28.7 Å². The van der Waals surface area contributed by atoms with E-state index in [1.807, 2.05) is 66.7 Å². The quantitative estimate of drug-likeness (QED) is 0.154. The summed E-state index contributed by atoms with van der Waals surface area (Å²) in [5.74, 6) is -1.79. The van der Waals surface area contributed by atoms with Crippen LogP contribution in [0.1, 0.15) is 30.0 Å². The lowest BCUT2D eigenvalue weighted by atomic mass is 9.95. The van der Waals surface area contributed by atoms with Gasteiger partial charge in [-0.15, -0.1) is 0 Å². The van der Waals surface area contributed by atoms with Crippen LogP contribution in [0.15, 0.2) is 140 Å². The highest BCUT2D eigenvalue weighted by molar-refractivity contribution is 5.92. The van der Waals surface area contributed by atoms with Gasteiger partial charge in [-0.05, 0) is 76.9 Å². The van der Waals surface area contributed by atoms with E-state index >= 15 is 0 Å². The summed E-state index contributed by atoms with van der Waals surface area (Å²) in [4.78, 5) is 2.24. The summed E-state index contributed by atoms with van der Waals surface area (Å²) in [6.45, 7) is 1.65. The minimum Gasteiger partial charge on any atom is -0.439 e. The van der Waals surface area contributed by atoms with Gasteiger partial charge >= 0.3 is 5.97 Å². The highest BCUT2D eigenvalue weighted by Gasteiger charge is 2.22. The van der Waals surface area contributed by atoms with E-state index in [4.69, 9.17) is 4.74 Å². The zero-order valence-corrected chi connectivity index (χ0v) is 21.8. The molecule has 39 heavy (non-hydrogen) atoms. The number of anilines is 3. The van der Waals surface area contributed by atoms with Crippen LogP contribution in [0.5, 0.6) is 5.75 Å². The molecule has 0 atom stereocenters. The molecule has 5 rings (SSSR count). The molecule has 0 aliphatic rings. The molecule has 0 heterocycles. The Labute approximate surface area is 229 Å². The van der Waals surface area contributed by atoms with Crippen molar-refractivity contribution in [2.75, 3.05) is 4.90 Å². The fourth-order valence-electron chi connectivity index (χ4n) is 4.40. The van der Waals surface area contributed by atoms with E-state index in [1.54, 1.807) is 19.1 Å². The maximum atomic E-state index is 9.85. The third-order valence-corrected chi connectivity index (χ3v) is 6.48. The number of hydrogen-bond acceptors (Lipinski definition) is 4. The minimum absolute atomic E-state index is 0.0614. The second-order valence-electron chi connectivity index (χ2n) is 9.25. The summed E-state index contributed by atoms with van der Waals surface area (Å²) in [7, 11) is 0. The molecule has 5 aromatic rings. The lowest BCUT2D eigenvalue weighted by molar-refractivity contribution is -0.292. The Balaban J connectivity index is 1.49. The van der Waals surface area contributed by atoms with Gasteiger partial charge in [-0.2, -0.15) is 0 Å². The second-order valence-corrected chi connectivity index (χ2v) is 9.25. The van der Waals surface area contributed by atoms with E-state index in [9.17, 15) is 10.2 Å². The first-order chi connectivity index (χ1) is 19.0. The molecule has 4 nitrogen and oxygen atoms in total. The number of rotatable bonds is 9. The smallest absolute Gasteiger partial charge is 0.321 e. The first-order valence-electron chi connectivity index (χ1n) is 13.0. The molecule has 4 heteroatoms. The first-order valence-corrected chi connectivity index (χ1v) is 13.0. The molecule has 0 aliphatic heterocycles. The molecule has 2 N–H and O–H groups in total. The molecule has 0 saturated carbocycles. The fraction of sp³-hybridized carbons (Fsp3) is 0.0857. The SMILES string of the molecule is CCC(O)(O)Oc1ccc(/C(=C/c2ccc(N(c3ccccc3)c3ccccc3)cc2)c2ccccc2)cc1. The molecular formula is C35H31NO3. The van der Waals surface area contributed by atoms with Crippen molar-refractivity contribution in [3.8, 4) is 5.75 Å². The van der Waals surface area contributed by atoms with Crippen LogP contribution in [0, 0.1) is 0 Å². The van der Waals surface area contributed by atoms with Crippen LogP contribution >= 0.6 is 0 Å². The molecule has 0 amide bonds. The topological polar surface area (TPSA) is 52.9 Å². The van der Waals surface area contributed by atoms with E-state index in [2.05, 4.69) is 71.6 Å². The fourth-order valence-corrected chi connectivity index (χ4v) is 4.40. The summed E-state index contributed by atoms with van der Waals surface area (Å²) >= 11 is 0. The number of ether oxygens (including phenoxy) is 1. The molecule has 0 spiro atoms. The van der Waals surface area contributed by atoms with Crippen molar-refractivity contribution in [1.29, 1.82) is 0 Å². The highest BCUT2D eigenvalue weighted by Crippen LogP contribution is 2.35. The van der Waals surface area contributed by atoms with E-state index in [1.165, 1.54) is 0 Å². The van der Waals surface area contributed by atoms with Crippen LogP contribution in [0.25, 0.3) is 11.6 Å². The van der Waals surface area contributed by atoms with Crippen molar-refractivity contribution < 1.29 is 14.9 Å². The Bertz CT molecular complexity index is 1460. The average Bonchev–Trinajstić information content (AvgIpc) is 2.99. The van der Waals surface area contributed by atoms with Gasteiger partial charge < -0.3 is 19.8 Å². The number of benzene rings is 5. The van der Waals surface area contributed by atoms with Gasteiger partial charge in [0.25, 0.3) is 0 Å². The summed E-state index contributed by atoms with van der Waals surface area (Å²) in [5.41, 5.74) is 7.44. The average molecular weight is 514 g/mol. The molecule has 0 fully saturated rings. The van der Waals surface area contributed by atoms with Crippen LogP contribution in [-0.4, -0.2) is 16.2 Å². The van der Waals surface area contributed by atoms with Crippen molar-refractivity contribution in [1.82, 2.24) is 0 Å². The molecule has 194 valence electrons. The van der Waals surface area contributed by atoms with Gasteiger partial charge in [-0.3, -0.25) is 0 Å². The lowest BCUT2D eigenvalue weighted by Gasteiger charge is -2.25. The largest absolute Gasteiger partial charge is 0.439 e. The van der Waals surface area contributed by atoms with E-state index < -0.39 is 5.97 Å². The van der Waals surface area contributed by atoms with E-state index in [0.29, 0.717) is 5.75 Å². The monoisotopic (exact) mass is 513 g/mol. The van der Waals surface area contributed by atoms with Gasteiger partial charge in [0, 0.05) is 23.5 Å². The summed E-state index contributed by atoms with van der Waals surface area (Å²) < 4.78 is 5.31. The van der Waals surface area contributed by atoms with Gasteiger partial charge in [-0.25, -0.2) is 0 Å². The van der Waals surface area contributed by atoms with Gasteiger partial charge in [-0.1, -0.05) is 97.9 Å². The summed E-state index contributed by atoms with van der Waals surface area (Å²) in [6, 6.07) is 46.8. The Morgan fingerprint density at radius 1 is 0.615 bits per heavy atom. The standard InChI is InChI=1S/C35H31NO3/c1-2-35(37,38)39-33-24-20-29(21-25-33)34(28-12-6-3-7-13-28)26-27-18-22-32(23-19-27)36(30-14-8-4-9-15-30)31-16-10-5-11-17-31/h3-26,37-38H,2H2,1H3/b34-26+. The third kappa shape index (κ3) is 6.44. The maximum absolute atomic E-state index is 9.85. The molecule has 0 aromatic heterocycles. The Kier molecular flexibility index (Phi) is 7.88. The lowest BCUT2D eigenvalue weighted by Crippen LogP contribution is -2.34. The molecule has 0 radical (unpaired) electrons. The first kappa shape index (κ1) is 26.0. The van der Waals surface area contributed by atoms with Crippen LogP contribution in [0.3, 0.4) is 0 Å². The van der Waals surface area contributed by atoms with Crippen molar-refractivity contribution in [2.24, 2.45) is 0 Å². The minimum atomic E-state index is -2.19. The maximum Gasteiger partial charge on any atom is 0.321 e. The Morgan fingerprint density at radius 2 is 1.08 bits per heavy atom. The molecule has 0 aliphatic carbocycles. The van der Waals surface area contributed by atoms with Gasteiger partial charge in [0.05, 0.1) is 0 Å². The zero-order valence-electron chi connectivity index (χ0n) is 21.8. The van der Waals surface area contributed by atoms with Crippen molar-refractivity contribution in [2.45, 2.75) is 19.3 Å². The van der Waals surface area contributed by atoms with Gasteiger partial charge in [0.1, 0.15) is 5.75 Å². The van der Waals surface area contributed by atoms with Gasteiger partial charge in [0.15, 0.2) is 0 Å². The molecule has 0 unspecified atom stereocenters. The predicted octanol–water partition coefficient (Wildman–Crippen LogP) is 8.17. The summed E-state index contributed by atoms with van der Waals surface area (Å²) in [5, 5.41) is 19.7. The zero-order chi connectivity index (χ0) is 27.1. The van der Waals surface area contributed by atoms with Crippen molar-refractivity contribution in [3.63, 3.8) is 0 Å². The summed E-state index contributed by atoms with van der Waals surface area (Å²) in [6.07, 6.45) is 2.23.